The second kappa shape index (κ2) is 9.93. The van der Waals surface area contributed by atoms with Gasteiger partial charge in [-0.2, -0.15) is 0 Å². The van der Waals surface area contributed by atoms with Gasteiger partial charge in [0.05, 0.1) is 12.0 Å². The van der Waals surface area contributed by atoms with Crippen molar-refractivity contribution in [2.75, 3.05) is 11.9 Å². The van der Waals surface area contributed by atoms with E-state index in [9.17, 15) is 14.4 Å². The molecular formula is C24H26N2O5. The van der Waals surface area contributed by atoms with Crippen LogP contribution >= 0.6 is 0 Å². The van der Waals surface area contributed by atoms with E-state index in [2.05, 4.69) is 12.2 Å². The molecule has 1 aromatic heterocycles. The quantitative estimate of drug-likeness (QED) is 0.561. The molecule has 3 aromatic rings. The van der Waals surface area contributed by atoms with E-state index in [1.807, 2.05) is 24.3 Å². The highest BCUT2D eigenvalue weighted by atomic mass is 16.6. The molecule has 0 aliphatic rings. The second-order valence-electron chi connectivity index (χ2n) is 7.08. The van der Waals surface area contributed by atoms with E-state index in [4.69, 9.17) is 9.47 Å². The number of hydrogen-bond acceptors (Lipinski definition) is 5. The van der Waals surface area contributed by atoms with Gasteiger partial charge in [0.25, 0.3) is 5.56 Å². The van der Waals surface area contributed by atoms with Crippen molar-refractivity contribution >= 4 is 28.3 Å². The van der Waals surface area contributed by atoms with Crippen LogP contribution in [0.2, 0.25) is 0 Å². The lowest BCUT2D eigenvalue weighted by molar-refractivity contribution is -0.150. The van der Waals surface area contributed by atoms with E-state index in [0.717, 1.165) is 6.42 Å². The molecule has 162 valence electrons. The number of benzene rings is 2. The van der Waals surface area contributed by atoms with E-state index >= 15 is 0 Å². The summed E-state index contributed by atoms with van der Waals surface area (Å²) in [4.78, 5) is 37.2. The molecule has 1 amide bonds. The number of fused-ring (bicyclic) bond motifs is 1. The Morgan fingerprint density at radius 2 is 1.77 bits per heavy atom. The number of esters is 1. The maximum absolute atomic E-state index is 12.9. The van der Waals surface area contributed by atoms with Crippen molar-refractivity contribution in [2.45, 2.75) is 39.8 Å². The Morgan fingerprint density at radius 1 is 1.03 bits per heavy atom. The highest BCUT2D eigenvalue weighted by Crippen LogP contribution is 2.24. The molecule has 1 heterocycles. The lowest BCUT2D eigenvalue weighted by Crippen LogP contribution is -2.28. The molecule has 31 heavy (non-hydrogen) atoms. The van der Waals surface area contributed by atoms with Crippen LogP contribution in [0.3, 0.4) is 0 Å². The van der Waals surface area contributed by atoms with Crippen molar-refractivity contribution < 1.29 is 19.1 Å². The normalized spacial score (nSPS) is 11.7. The molecule has 0 saturated heterocycles. The number of nitrogens with one attached hydrogen (secondary N) is 1. The number of hydrogen-bond donors (Lipinski definition) is 1. The summed E-state index contributed by atoms with van der Waals surface area (Å²) < 4.78 is 12.0. The SMILES string of the molecule is CCOC(=O)[C@@H](C)Oc1cccc2c(=O)n(CC(=O)Nc3ccc(CC)cc3)ccc12. The number of nitrogens with zero attached hydrogens (tertiary/aromatic N) is 1. The molecule has 0 radical (unpaired) electrons. The molecule has 1 N–H and O–H groups in total. The van der Waals surface area contributed by atoms with Crippen LogP contribution in [0.4, 0.5) is 5.69 Å². The molecule has 3 rings (SSSR count). The lowest BCUT2D eigenvalue weighted by atomic mass is 10.1. The topological polar surface area (TPSA) is 86.6 Å². The van der Waals surface area contributed by atoms with Crippen LogP contribution in [0.15, 0.2) is 59.5 Å². The van der Waals surface area contributed by atoms with Crippen molar-refractivity contribution in [3.05, 3.63) is 70.6 Å². The van der Waals surface area contributed by atoms with Crippen LogP contribution in [0.25, 0.3) is 10.8 Å². The van der Waals surface area contributed by atoms with Gasteiger partial charge in [0.2, 0.25) is 5.91 Å². The van der Waals surface area contributed by atoms with Crippen LogP contribution in [-0.2, 0) is 27.3 Å². The summed E-state index contributed by atoms with van der Waals surface area (Å²) in [5.41, 5.74) is 1.54. The van der Waals surface area contributed by atoms with Crippen LogP contribution in [0, 0.1) is 0 Å². The number of carbonyl (C=O) groups excluding carboxylic acids is 2. The third-order valence-corrected chi connectivity index (χ3v) is 4.86. The first-order chi connectivity index (χ1) is 14.9. The van der Waals surface area contributed by atoms with Crippen molar-refractivity contribution in [3.63, 3.8) is 0 Å². The summed E-state index contributed by atoms with van der Waals surface area (Å²) in [7, 11) is 0. The van der Waals surface area contributed by atoms with Gasteiger partial charge in [-0.25, -0.2) is 4.79 Å². The summed E-state index contributed by atoms with van der Waals surface area (Å²) in [5, 5.41) is 3.77. The lowest BCUT2D eigenvalue weighted by Gasteiger charge is -2.15. The number of rotatable bonds is 8. The molecule has 1 atom stereocenters. The third kappa shape index (κ3) is 5.31. The number of aryl methyl sites for hydroxylation is 1. The van der Waals surface area contributed by atoms with E-state index in [1.165, 1.54) is 10.1 Å². The zero-order valence-corrected chi connectivity index (χ0v) is 17.9. The Bertz CT molecular complexity index is 1130. The highest BCUT2D eigenvalue weighted by molar-refractivity contribution is 5.91. The van der Waals surface area contributed by atoms with E-state index in [-0.39, 0.29) is 24.6 Å². The number of amides is 1. The zero-order chi connectivity index (χ0) is 22.4. The summed E-state index contributed by atoms with van der Waals surface area (Å²) in [5.74, 6) is -0.367. The molecule has 0 unspecified atom stereocenters. The minimum Gasteiger partial charge on any atom is -0.478 e. The van der Waals surface area contributed by atoms with Gasteiger partial charge in [-0.3, -0.25) is 9.59 Å². The monoisotopic (exact) mass is 422 g/mol. The number of pyridine rings is 1. The molecule has 0 spiro atoms. The first kappa shape index (κ1) is 22.1. The van der Waals surface area contributed by atoms with E-state index in [1.54, 1.807) is 44.3 Å². The van der Waals surface area contributed by atoms with Gasteiger partial charge < -0.3 is 19.4 Å². The van der Waals surface area contributed by atoms with Gasteiger partial charge in [-0.1, -0.05) is 25.1 Å². The molecule has 2 aromatic carbocycles. The van der Waals surface area contributed by atoms with Crippen molar-refractivity contribution in [1.82, 2.24) is 4.57 Å². The number of ether oxygens (including phenoxy) is 2. The summed E-state index contributed by atoms with van der Waals surface area (Å²) in [6.45, 7) is 5.52. The molecule has 0 aliphatic heterocycles. The fourth-order valence-corrected chi connectivity index (χ4v) is 3.19. The Hall–Kier alpha value is -3.61. The van der Waals surface area contributed by atoms with Gasteiger partial charge in [0.1, 0.15) is 12.3 Å². The average molecular weight is 422 g/mol. The predicted octanol–water partition coefficient (Wildman–Crippen LogP) is 3.53. The molecule has 0 bridgehead atoms. The van der Waals surface area contributed by atoms with Gasteiger partial charge in [0, 0.05) is 17.3 Å². The predicted molar refractivity (Wildman–Crippen MR) is 119 cm³/mol. The van der Waals surface area contributed by atoms with Crippen LogP contribution in [0.1, 0.15) is 26.3 Å². The largest absolute Gasteiger partial charge is 0.478 e. The number of carbonyl (C=O) groups is 2. The second-order valence-corrected chi connectivity index (χ2v) is 7.08. The molecule has 0 fully saturated rings. The Kier molecular flexibility index (Phi) is 7.07. The van der Waals surface area contributed by atoms with Crippen LogP contribution < -0.4 is 15.6 Å². The van der Waals surface area contributed by atoms with Gasteiger partial charge in [-0.05, 0) is 56.2 Å². The zero-order valence-electron chi connectivity index (χ0n) is 17.9. The van der Waals surface area contributed by atoms with Gasteiger partial charge in [0.15, 0.2) is 6.10 Å². The molecule has 7 nitrogen and oxygen atoms in total. The summed E-state index contributed by atoms with van der Waals surface area (Å²) in [6, 6.07) is 14.3. The minimum atomic E-state index is -0.808. The molecule has 7 heteroatoms. The Morgan fingerprint density at radius 3 is 2.45 bits per heavy atom. The maximum Gasteiger partial charge on any atom is 0.347 e. The maximum atomic E-state index is 12.9. The number of anilines is 1. The Balaban J connectivity index is 1.78. The molecule has 0 saturated carbocycles. The summed E-state index contributed by atoms with van der Waals surface area (Å²) >= 11 is 0. The summed E-state index contributed by atoms with van der Waals surface area (Å²) in [6.07, 6.45) is 1.66. The average Bonchev–Trinajstić information content (AvgIpc) is 2.76. The molecular weight excluding hydrogens is 396 g/mol. The van der Waals surface area contributed by atoms with Crippen molar-refractivity contribution in [2.24, 2.45) is 0 Å². The minimum absolute atomic E-state index is 0.116. The van der Waals surface area contributed by atoms with Gasteiger partial charge in [-0.15, -0.1) is 0 Å². The van der Waals surface area contributed by atoms with E-state index in [0.29, 0.717) is 22.2 Å². The van der Waals surface area contributed by atoms with Crippen LogP contribution in [0.5, 0.6) is 5.75 Å². The fraction of sp³-hybridized carbons (Fsp3) is 0.292. The molecule has 0 aliphatic carbocycles. The highest BCUT2D eigenvalue weighted by Gasteiger charge is 2.18. The number of aromatic nitrogens is 1. The van der Waals surface area contributed by atoms with Crippen molar-refractivity contribution in [1.29, 1.82) is 0 Å². The first-order valence-electron chi connectivity index (χ1n) is 10.3. The van der Waals surface area contributed by atoms with Gasteiger partial charge >= 0.3 is 5.97 Å². The third-order valence-electron chi connectivity index (χ3n) is 4.86. The van der Waals surface area contributed by atoms with Crippen molar-refractivity contribution in [3.8, 4) is 5.75 Å². The smallest absolute Gasteiger partial charge is 0.347 e. The van der Waals surface area contributed by atoms with Crippen LogP contribution in [-0.4, -0.2) is 29.2 Å². The van der Waals surface area contributed by atoms with E-state index < -0.39 is 12.1 Å². The Labute approximate surface area is 180 Å². The first-order valence-corrected chi connectivity index (χ1v) is 10.3. The fourth-order valence-electron chi connectivity index (χ4n) is 3.19. The standard InChI is InChI=1S/C24H26N2O5/c1-4-17-9-11-18(12-10-17)25-22(27)15-26-14-13-19-20(23(26)28)7-6-8-21(19)31-16(3)24(29)30-5-2/h6-14,16H,4-5,15H2,1-3H3,(H,25,27)/t16-/m1/s1.